The lowest BCUT2D eigenvalue weighted by atomic mass is 9.94. The Morgan fingerprint density at radius 2 is 1.94 bits per heavy atom. The van der Waals surface area contributed by atoms with Crippen molar-refractivity contribution < 1.29 is 9.90 Å². The van der Waals surface area contributed by atoms with Crippen LogP contribution >= 0.6 is 0 Å². The molecule has 0 aliphatic heterocycles. The first-order chi connectivity index (χ1) is 8.26. The van der Waals surface area contributed by atoms with Crippen LogP contribution in [0.15, 0.2) is 12.1 Å². The normalized spacial score (nSPS) is 11.4. The maximum atomic E-state index is 12.0. The van der Waals surface area contributed by atoms with Gasteiger partial charge < -0.3 is 16.2 Å². The minimum absolute atomic E-state index is 0.0301. The van der Waals surface area contributed by atoms with Gasteiger partial charge in [-0.05, 0) is 31.0 Å². The smallest absolute Gasteiger partial charge is 0.251 e. The van der Waals surface area contributed by atoms with Crippen molar-refractivity contribution in [2.75, 3.05) is 18.9 Å². The van der Waals surface area contributed by atoms with Gasteiger partial charge in [0, 0.05) is 29.8 Å². The predicted molar refractivity (Wildman–Crippen MR) is 73.5 cm³/mol. The summed E-state index contributed by atoms with van der Waals surface area (Å²) in [6.07, 6.45) is 0. The van der Waals surface area contributed by atoms with Crippen LogP contribution in [0.4, 0.5) is 5.69 Å². The highest BCUT2D eigenvalue weighted by atomic mass is 16.3. The molecule has 0 bridgehead atoms. The largest absolute Gasteiger partial charge is 0.398 e. The zero-order valence-corrected chi connectivity index (χ0v) is 11.5. The summed E-state index contributed by atoms with van der Waals surface area (Å²) in [6, 6.07) is 3.60. The molecule has 18 heavy (non-hydrogen) atoms. The molecule has 4 N–H and O–H groups in total. The van der Waals surface area contributed by atoms with E-state index >= 15 is 0 Å². The Balaban J connectivity index is 2.82. The van der Waals surface area contributed by atoms with E-state index < -0.39 is 0 Å². The average molecular weight is 250 g/mol. The monoisotopic (exact) mass is 250 g/mol. The number of rotatable bonds is 4. The Labute approximate surface area is 108 Å². The fourth-order valence-corrected chi connectivity index (χ4v) is 1.58. The van der Waals surface area contributed by atoms with E-state index in [0.29, 0.717) is 17.8 Å². The summed E-state index contributed by atoms with van der Waals surface area (Å²) in [5.41, 5.74) is 8.58. The molecule has 0 saturated carbocycles. The van der Waals surface area contributed by atoms with Crippen molar-refractivity contribution in [3.8, 4) is 0 Å². The number of hydrogen-bond acceptors (Lipinski definition) is 3. The highest BCUT2D eigenvalue weighted by molar-refractivity contribution is 5.96. The molecule has 0 aliphatic rings. The van der Waals surface area contributed by atoms with Crippen LogP contribution in [-0.2, 0) is 0 Å². The number of benzene rings is 1. The maximum absolute atomic E-state index is 12.0. The fraction of sp³-hybridized carbons (Fsp3) is 0.500. The third-order valence-corrected chi connectivity index (χ3v) is 3.01. The second-order valence-corrected chi connectivity index (χ2v) is 5.53. The number of nitrogens with one attached hydrogen (secondary N) is 1. The lowest BCUT2D eigenvalue weighted by Gasteiger charge is -2.22. The Morgan fingerprint density at radius 1 is 1.33 bits per heavy atom. The van der Waals surface area contributed by atoms with Gasteiger partial charge in [0.1, 0.15) is 0 Å². The summed E-state index contributed by atoms with van der Waals surface area (Å²) < 4.78 is 0. The maximum Gasteiger partial charge on any atom is 0.251 e. The van der Waals surface area contributed by atoms with Crippen LogP contribution in [0.3, 0.4) is 0 Å². The van der Waals surface area contributed by atoms with Gasteiger partial charge in [-0.2, -0.15) is 0 Å². The van der Waals surface area contributed by atoms with Gasteiger partial charge in [-0.15, -0.1) is 0 Å². The number of aliphatic hydroxyl groups is 1. The number of hydrogen-bond donors (Lipinski definition) is 3. The molecule has 0 fully saturated rings. The van der Waals surface area contributed by atoms with E-state index in [9.17, 15) is 4.79 Å². The van der Waals surface area contributed by atoms with E-state index in [2.05, 4.69) is 5.32 Å². The first-order valence-electron chi connectivity index (χ1n) is 6.02. The third-order valence-electron chi connectivity index (χ3n) is 3.01. The second-order valence-electron chi connectivity index (χ2n) is 5.53. The van der Waals surface area contributed by atoms with E-state index in [1.54, 1.807) is 6.07 Å². The molecular weight excluding hydrogens is 228 g/mol. The van der Waals surface area contributed by atoms with Gasteiger partial charge in [-0.3, -0.25) is 4.79 Å². The summed E-state index contributed by atoms with van der Waals surface area (Å²) in [5.74, 6) is -0.152. The molecular formula is C14H22N2O2. The highest BCUT2D eigenvalue weighted by Gasteiger charge is 2.19. The molecule has 1 amide bonds. The molecule has 0 aliphatic carbocycles. The van der Waals surface area contributed by atoms with Crippen LogP contribution in [0.2, 0.25) is 0 Å². The number of nitrogens with two attached hydrogens (primary N) is 1. The van der Waals surface area contributed by atoms with E-state index in [1.807, 2.05) is 33.8 Å². The topological polar surface area (TPSA) is 75.3 Å². The van der Waals surface area contributed by atoms with Gasteiger partial charge in [0.2, 0.25) is 0 Å². The molecule has 0 aromatic heterocycles. The number of aliphatic hydroxyl groups excluding tert-OH is 1. The lowest BCUT2D eigenvalue weighted by Crippen LogP contribution is -2.36. The number of carbonyl (C=O) groups excluding carboxylic acids is 1. The minimum Gasteiger partial charge on any atom is -0.398 e. The fourth-order valence-electron chi connectivity index (χ4n) is 1.58. The zero-order valence-electron chi connectivity index (χ0n) is 11.5. The van der Waals surface area contributed by atoms with Crippen LogP contribution in [0.5, 0.6) is 0 Å². The summed E-state index contributed by atoms with van der Waals surface area (Å²) in [7, 11) is 0. The van der Waals surface area contributed by atoms with Crippen LogP contribution in [0, 0.1) is 19.3 Å². The summed E-state index contributed by atoms with van der Waals surface area (Å²) >= 11 is 0. The Kier molecular flexibility index (Phi) is 4.35. The number of carbonyl (C=O) groups is 1. The number of anilines is 1. The van der Waals surface area contributed by atoms with Crippen LogP contribution in [0.25, 0.3) is 0 Å². The first-order valence-corrected chi connectivity index (χ1v) is 6.02. The van der Waals surface area contributed by atoms with Gasteiger partial charge in [-0.25, -0.2) is 0 Å². The van der Waals surface area contributed by atoms with Crippen molar-refractivity contribution in [3.05, 3.63) is 28.8 Å². The Bertz CT molecular complexity index is 453. The SMILES string of the molecule is Cc1cc(C)c(C(=O)NCC(C)(C)CO)cc1N. The Morgan fingerprint density at radius 3 is 2.50 bits per heavy atom. The molecule has 0 atom stereocenters. The van der Waals surface area contributed by atoms with Gasteiger partial charge in [0.15, 0.2) is 0 Å². The Hall–Kier alpha value is -1.55. The number of nitrogen functional groups attached to an aromatic ring is 1. The summed E-state index contributed by atoms with van der Waals surface area (Å²) in [4.78, 5) is 12.0. The zero-order chi connectivity index (χ0) is 13.9. The molecule has 0 radical (unpaired) electrons. The van der Waals surface area contributed by atoms with Crippen molar-refractivity contribution in [1.82, 2.24) is 5.32 Å². The van der Waals surface area contributed by atoms with Crippen LogP contribution < -0.4 is 11.1 Å². The number of amides is 1. The molecule has 1 rings (SSSR count). The van der Waals surface area contributed by atoms with Crippen molar-refractivity contribution >= 4 is 11.6 Å². The van der Waals surface area contributed by atoms with E-state index in [0.717, 1.165) is 11.1 Å². The standard InChI is InChI=1S/C14H22N2O2/c1-9-5-10(2)12(15)6-11(9)13(18)16-7-14(3,4)8-17/h5-6,17H,7-8,15H2,1-4H3,(H,16,18). The molecule has 1 aromatic rings. The number of aryl methyl sites for hydroxylation is 2. The van der Waals surface area contributed by atoms with Crippen molar-refractivity contribution in [2.45, 2.75) is 27.7 Å². The minimum atomic E-state index is -0.320. The molecule has 0 unspecified atom stereocenters. The average Bonchev–Trinajstić information content (AvgIpc) is 2.31. The predicted octanol–water partition coefficient (Wildman–Crippen LogP) is 1.63. The lowest BCUT2D eigenvalue weighted by molar-refractivity contribution is 0.0910. The molecule has 4 nitrogen and oxygen atoms in total. The van der Waals surface area contributed by atoms with Crippen LogP contribution in [0.1, 0.15) is 35.3 Å². The first kappa shape index (κ1) is 14.5. The highest BCUT2D eigenvalue weighted by Crippen LogP contribution is 2.18. The molecule has 1 aromatic carbocycles. The van der Waals surface area contributed by atoms with Crippen molar-refractivity contribution in [1.29, 1.82) is 0 Å². The van der Waals surface area contributed by atoms with E-state index in [1.165, 1.54) is 0 Å². The summed E-state index contributed by atoms with van der Waals surface area (Å²) in [6.45, 7) is 8.04. The van der Waals surface area contributed by atoms with E-state index in [-0.39, 0.29) is 17.9 Å². The molecule has 0 heterocycles. The quantitative estimate of drug-likeness (QED) is 0.711. The molecule has 4 heteroatoms. The van der Waals surface area contributed by atoms with Crippen molar-refractivity contribution in [3.63, 3.8) is 0 Å². The third kappa shape index (κ3) is 3.47. The molecule has 100 valence electrons. The second kappa shape index (κ2) is 5.40. The molecule has 0 saturated heterocycles. The van der Waals surface area contributed by atoms with Gasteiger partial charge in [0.05, 0.1) is 0 Å². The van der Waals surface area contributed by atoms with Gasteiger partial charge in [0.25, 0.3) is 5.91 Å². The van der Waals surface area contributed by atoms with Gasteiger partial charge >= 0.3 is 0 Å². The van der Waals surface area contributed by atoms with Crippen molar-refractivity contribution in [2.24, 2.45) is 5.41 Å². The molecule has 0 spiro atoms. The summed E-state index contributed by atoms with van der Waals surface area (Å²) in [5, 5.41) is 12.0. The van der Waals surface area contributed by atoms with E-state index in [4.69, 9.17) is 10.8 Å². The van der Waals surface area contributed by atoms with Crippen LogP contribution in [-0.4, -0.2) is 24.2 Å². The van der Waals surface area contributed by atoms with Gasteiger partial charge in [-0.1, -0.05) is 19.9 Å².